The highest BCUT2D eigenvalue weighted by molar-refractivity contribution is 5.37. The third kappa shape index (κ3) is 4.15. The number of pyridine rings is 1. The Balaban J connectivity index is 2.24. The molecular formula is C16H22N4O. The van der Waals surface area contributed by atoms with Gasteiger partial charge in [-0.05, 0) is 18.4 Å². The molecule has 2 heterocycles. The van der Waals surface area contributed by atoms with E-state index in [9.17, 15) is 0 Å². The van der Waals surface area contributed by atoms with Gasteiger partial charge in [-0.1, -0.05) is 19.9 Å². The number of hydrogen-bond acceptors (Lipinski definition) is 5. The van der Waals surface area contributed by atoms with Crippen LogP contribution in [0.5, 0.6) is 5.88 Å². The molecule has 0 fully saturated rings. The molecule has 21 heavy (non-hydrogen) atoms. The number of aromatic nitrogens is 3. The van der Waals surface area contributed by atoms with Crippen molar-refractivity contribution in [1.29, 1.82) is 0 Å². The van der Waals surface area contributed by atoms with Gasteiger partial charge in [-0.15, -0.1) is 0 Å². The molecule has 5 heteroatoms. The third-order valence-electron chi connectivity index (χ3n) is 3.11. The molecule has 0 unspecified atom stereocenters. The summed E-state index contributed by atoms with van der Waals surface area (Å²) in [4.78, 5) is 13.4. The van der Waals surface area contributed by atoms with Crippen LogP contribution in [-0.4, -0.2) is 28.6 Å². The van der Waals surface area contributed by atoms with Gasteiger partial charge in [0, 0.05) is 37.0 Å². The molecule has 2 aromatic heterocycles. The molecule has 0 amide bonds. The second-order valence-electron chi connectivity index (χ2n) is 5.16. The third-order valence-corrected chi connectivity index (χ3v) is 3.11. The van der Waals surface area contributed by atoms with Crippen LogP contribution in [-0.2, 0) is 6.42 Å². The standard InChI is InChI=1S/C16H22N4O/c1-5-17-14-9-13(11(2)3)19-15(20-14)8-12-6-7-16(21-4)18-10-12/h6-7,9-11H,5,8H2,1-4H3,(H,17,19,20). The minimum absolute atomic E-state index is 0.373. The second kappa shape index (κ2) is 7.02. The summed E-state index contributed by atoms with van der Waals surface area (Å²) in [5, 5.41) is 3.26. The lowest BCUT2D eigenvalue weighted by Gasteiger charge is -2.11. The molecule has 0 bridgehead atoms. The highest BCUT2D eigenvalue weighted by Gasteiger charge is 2.08. The molecule has 0 atom stereocenters. The van der Waals surface area contributed by atoms with Crippen molar-refractivity contribution >= 4 is 5.82 Å². The predicted octanol–water partition coefficient (Wildman–Crippen LogP) is 3.03. The first-order chi connectivity index (χ1) is 10.1. The summed E-state index contributed by atoms with van der Waals surface area (Å²) >= 11 is 0. The van der Waals surface area contributed by atoms with Gasteiger partial charge in [-0.2, -0.15) is 0 Å². The molecule has 2 rings (SSSR count). The Hall–Kier alpha value is -2.17. The van der Waals surface area contributed by atoms with Crippen molar-refractivity contribution in [3.8, 4) is 5.88 Å². The van der Waals surface area contributed by atoms with Crippen LogP contribution in [0.4, 0.5) is 5.82 Å². The zero-order valence-electron chi connectivity index (χ0n) is 13.1. The maximum absolute atomic E-state index is 5.07. The predicted molar refractivity (Wildman–Crippen MR) is 83.9 cm³/mol. The maximum atomic E-state index is 5.07. The number of hydrogen-bond donors (Lipinski definition) is 1. The zero-order chi connectivity index (χ0) is 15.2. The Morgan fingerprint density at radius 3 is 2.62 bits per heavy atom. The first kappa shape index (κ1) is 15.2. The quantitative estimate of drug-likeness (QED) is 0.884. The normalized spacial score (nSPS) is 10.7. The van der Waals surface area contributed by atoms with Crippen LogP contribution in [0.2, 0.25) is 0 Å². The number of nitrogens with one attached hydrogen (secondary N) is 1. The first-order valence-corrected chi connectivity index (χ1v) is 7.23. The number of methoxy groups -OCH3 is 1. The first-order valence-electron chi connectivity index (χ1n) is 7.23. The van der Waals surface area contributed by atoms with E-state index in [0.29, 0.717) is 18.2 Å². The van der Waals surface area contributed by atoms with Gasteiger partial charge >= 0.3 is 0 Å². The van der Waals surface area contributed by atoms with Gasteiger partial charge in [0.1, 0.15) is 11.6 Å². The fourth-order valence-electron chi connectivity index (χ4n) is 1.98. The van der Waals surface area contributed by atoms with E-state index in [2.05, 4.69) is 41.0 Å². The van der Waals surface area contributed by atoms with Crippen LogP contribution >= 0.6 is 0 Å². The van der Waals surface area contributed by atoms with Gasteiger partial charge in [0.15, 0.2) is 0 Å². The van der Waals surface area contributed by atoms with Crippen LogP contribution in [0.1, 0.15) is 43.8 Å². The van der Waals surface area contributed by atoms with Crippen molar-refractivity contribution < 1.29 is 4.74 Å². The highest BCUT2D eigenvalue weighted by Crippen LogP contribution is 2.17. The average molecular weight is 286 g/mol. The summed E-state index contributed by atoms with van der Waals surface area (Å²) < 4.78 is 5.07. The minimum atomic E-state index is 0.373. The van der Waals surface area contributed by atoms with E-state index in [1.54, 1.807) is 13.3 Å². The average Bonchev–Trinajstić information content (AvgIpc) is 2.48. The summed E-state index contributed by atoms with van der Waals surface area (Å²) in [6, 6.07) is 5.86. The van der Waals surface area contributed by atoms with E-state index in [0.717, 1.165) is 29.4 Å². The minimum Gasteiger partial charge on any atom is -0.481 e. The molecule has 5 nitrogen and oxygen atoms in total. The Kier molecular flexibility index (Phi) is 5.09. The maximum Gasteiger partial charge on any atom is 0.212 e. The van der Waals surface area contributed by atoms with Gasteiger partial charge in [-0.25, -0.2) is 15.0 Å². The smallest absolute Gasteiger partial charge is 0.212 e. The molecule has 0 saturated carbocycles. The van der Waals surface area contributed by atoms with Crippen LogP contribution in [0.25, 0.3) is 0 Å². The second-order valence-corrected chi connectivity index (χ2v) is 5.16. The van der Waals surface area contributed by atoms with E-state index < -0.39 is 0 Å². The molecular weight excluding hydrogens is 264 g/mol. The summed E-state index contributed by atoms with van der Waals surface area (Å²) in [6.07, 6.45) is 2.47. The van der Waals surface area contributed by atoms with Gasteiger partial charge in [0.05, 0.1) is 7.11 Å². The van der Waals surface area contributed by atoms with Crippen LogP contribution in [0, 0.1) is 0 Å². The van der Waals surface area contributed by atoms with Crippen LogP contribution in [0.15, 0.2) is 24.4 Å². The SMILES string of the molecule is CCNc1cc(C(C)C)nc(Cc2ccc(OC)nc2)n1. The van der Waals surface area contributed by atoms with Crippen LogP contribution < -0.4 is 10.1 Å². The van der Waals surface area contributed by atoms with Crippen molar-refractivity contribution in [3.63, 3.8) is 0 Å². The van der Waals surface area contributed by atoms with Crippen LogP contribution in [0.3, 0.4) is 0 Å². The summed E-state index contributed by atoms with van der Waals surface area (Å²) in [5.74, 6) is 2.68. The van der Waals surface area contributed by atoms with E-state index in [-0.39, 0.29) is 0 Å². The van der Waals surface area contributed by atoms with Crippen molar-refractivity contribution in [2.24, 2.45) is 0 Å². The number of rotatable bonds is 6. The Morgan fingerprint density at radius 1 is 1.24 bits per heavy atom. The molecule has 0 aliphatic carbocycles. The molecule has 0 aliphatic rings. The van der Waals surface area contributed by atoms with Crippen molar-refractivity contribution in [2.45, 2.75) is 33.1 Å². The molecule has 0 aliphatic heterocycles. The summed E-state index contributed by atoms with van der Waals surface area (Å²) in [7, 11) is 1.61. The molecule has 2 aromatic rings. The van der Waals surface area contributed by atoms with Crippen molar-refractivity contribution in [2.75, 3.05) is 19.0 Å². The molecule has 0 spiro atoms. The van der Waals surface area contributed by atoms with Crippen molar-refractivity contribution in [1.82, 2.24) is 15.0 Å². The number of ether oxygens (including phenoxy) is 1. The van der Waals surface area contributed by atoms with Crippen molar-refractivity contribution in [3.05, 3.63) is 41.5 Å². The number of anilines is 1. The molecule has 0 radical (unpaired) electrons. The lowest BCUT2D eigenvalue weighted by Crippen LogP contribution is -2.07. The zero-order valence-corrected chi connectivity index (χ0v) is 13.1. The Morgan fingerprint density at radius 2 is 2.05 bits per heavy atom. The molecule has 0 saturated heterocycles. The highest BCUT2D eigenvalue weighted by atomic mass is 16.5. The fourth-order valence-corrected chi connectivity index (χ4v) is 1.98. The van der Waals surface area contributed by atoms with E-state index >= 15 is 0 Å². The van der Waals surface area contributed by atoms with E-state index in [1.807, 2.05) is 18.2 Å². The Bertz CT molecular complexity index is 581. The summed E-state index contributed by atoms with van der Waals surface area (Å²) in [5.41, 5.74) is 2.12. The monoisotopic (exact) mass is 286 g/mol. The lowest BCUT2D eigenvalue weighted by atomic mass is 10.1. The van der Waals surface area contributed by atoms with Gasteiger partial charge < -0.3 is 10.1 Å². The van der Waals surface area contributed by atoms with E-state index in [4.69, 9.17) is 4.74 Å². The fraction of sp³-hybridized carbons (Fsp3) is 0.438. The molecule has 112 valence electrons. The largest absolute Gasteiger partial charge is 0.481 e. The lowest BCUT2D eigenvalue weighted by molar-refractivity contribution is 0.397. The van der Waals surface area contributed by atoms with Gasteiger partial charge in [0.25, 0.3) is 0 Å². The van der Waals surface area contributed by atoms with E-state index in [1.165, 1.54) is 0 Å². The van der Waals surface area contributed by atoms with Gasteiger partial charge in [-0.3, -0.25) is 0 Å². The summed E-state index contributed by atoms with van der Waals surface area (Å²) in [6.45, 7) is 7.18. The Labute approximate surface area is 125 Å². The topological polar surface area (TPSA) is 59.9 Å². The molecule has 1 N–H and O–H groups in total. The van der Waals surface area contributed by atoms with Gasteiger partial charge in [0.2, 0.25) is 5.88 Å². The molecule has 0 aromatic carbocycles. The number of nitrogens with zero attached hydrogens (tertiary/aromatic N) is 3.